The Morgan fingerprint density at radius 3 is 2.15 bits per heavy atom. The van der Waals surface area contributed by atoms with E-state index in [9.17, 15) is 4.79 Å². The van der Waals surface area contributed by atoms with E-state index < -0.39 is 0 Å². The molecule has 0 atom stereocenters. The first-order valence-corrected chi connectivity index (χ1v) is 7.02. The first-order valence-electron chi connectivity index (χ1n) is 5.51. The lowest BCUT2D eigenvalue weighted by Crippen LogP contribution is -1.94. The maximum absolute atomic E-state index is 11.3. The Balaban J connectivity index is 2.33. The SMILES string of the molecule is CC(=O)c1ccc(Oc2cc(Cl)c(Cl)cc2Cl)cc1Cl. The number of carbonyl (C=O) groups excluding carboxylic acids is 1. The topological polar surface area (TPSA) is 26.3 Å². The third-order valence-corrected chi connectivity index (χ3v) is 3.85. The van der Waals surface area contributed by atoms with Crippen molar-refractivity contribution in [3.63, 3.8) is 0 Å². The minimum absolute atomic E-state index is 0.117. The van der Waals surface area contributed by atoms with Crippen LogP contribution in [-0.2, 0) is 0 Å². The highest BCUT2D eigenvalue weighted by molar-refractivity contribution is 6.43. The lowest BCUT2D eigenvalue weighted by Gasteiger charge is -2.10. The minimum Gasteiger partial charge on any atom is -0.456 e. The van der Waals surface area contributed by atoms with Gasteiger partial charge in [0.25, 0.3) is 0 Å². The zero-order chi connectivity index (χ0) is 14.9. The van der Waals surface area contributed by atoms with Gasteiger partial charge in [0.15, 0.2) is 5.78 Å². The summed E-state index contributed by atoms with van der Waals surface area (Å²) in [6.45, 7) is 1.44. The third kappa shape index (κ3) is 3.39. The van der Waals surface area contributed by atoms with E-state index in [1.807, 2.05) is 0 Å². The van der Waals surface area contributed by atoms with Crippen LogP contribution in [0.5, 0.6) is 11.5 Å². The van der Waals surface area contributed by atoms with Crippen molar-refractivity contribution in [1.29, 1.82) is 0 Å². The van der Waals surface area contributed by atoms with Crippen LogP contribution in [0.1, 0.15) is 17.3 Å². The summed E-state index contributed by atoms with van der Waals surface area (Å²) in [6.07, 6.45) is 0. The fraction of sp³-hybridized carbons (Fsp3) is 0.0714. The number of ketones is 1. The zero-order valence-corrected chi connectivity index (χ0v) is 13.2. The van der Waals surface area contributed by atoms with Crippen LogP contribution in [0.3, 0.4) is 0 Å². The first kappa shape index (κ1) is 15.5. The van der Waals surface area contributed by atoms with Gasteiger partial charge in [-0.2, -0.15) is 0 Å². The van der Waals surface area contributed by atoms with E-state index in [1.54, 1.807) is 12.1 Å². The average Bonchev–Trinajstić information content (AvgIpc) is 2.35. The van der Waals surface area contributed by atoms with Gasteiger partial charge in [-0.05, 0) is 25.1 Å². The van der Waals surface area contributed by atoms with Crippen molar-refractivity contribution in [2.24, 2.45) is 0 Å². The number of hydrogen-bond acceptors (Lipinski definition) is 2. The summed E-state index contributed by atoms with van der Waals surface area (Å²) >= 11 is 23.8. The molecule has 6 heteroatoms. The molecule has 0 spiro atoms. The molecule has 104 valence electrons. The van der Waals surface area contributed by atoms with Gasteiger partial charge in [0.1, 0.15) is 11.5 Å². The highest BCUT2D eigenvalue weighted by Crippen LogP contribution is 2.37. The van der Waals surface area contributed by atoms with Crippen LogP contribution in [0.4, 0.5) is 0 Å². The molecule has 2 rings (SSSR count). The molecule has 0 saturated heterocycles. The second kappa shape index (κ2) is 6.23. The van der Waals surface area contributed by atoms with E-state index >= 15 is 0 Å². The van der Waals surface area contributed by atoms with Gasteiger partial charge in [0.05, 0.1) is 20.1 Å². The molecular weight excluding hydrogens is 342 g/mol. The zero-order valence-electron chi connectivity index (χ0n) is 10.2. The standard InChI is InChI=1S/C14H8Cl4O2/c1-7(19)9-3-2-8(4-10(9)15)20-14-6-12(17)11(16)5-13(14)18/h2-6H,1H3. The maximum Gasteiger partial charge on any atom is 0.161 e. The fourth-order valence-electron chi connectivity index (χ4n) is 1.55. The molecule has 2 aromatic carbocycles. The Bertz CT molecular complexity index is 683. The second-order valence-corrected chi connectivity index (χ2v) is 5.63. The highest BCUT2D eigenvalue weighted by Gasteiger charge is 2.11. The molecule has 0 fully saturated rings. The monoisotopic (exact) mass is 348 g/mol. The van der Waals surface area contributed by atoms with Crippen molar-refractivity contribution in [2.75, 3.05) is 0 Å². The smallest absolute Gasteiger partial charge is 0.161 e. The molecule has 0 heterocycles. The van der Waals surface area contributed by atoms with Crippen LogP contribution in [0, 0.1) is 0 Å². The third-order valence-electron chi connectivity index (χ3n) is 2.52. The molecule has 0 aliphatic heterocycles. The van der Waals surface area contributed by atoms with Crippen LogP contribution in [0.15, 0.2) is 30.3 Å². The molecule has 0 aliphatic rings. The molecule has 0 bridgehead atoms. The van der Waals surface area contributed by atoms with Gasteiger partial charge in [-0.1, -0.05) is 46.4 Å². The number of halogens is 4. The number of rotatable bonds is 3. The van der Waals surface area contributed by atoms with Crippen molar-refractivity contribution in [3.05, 3.63) is 56.0 Å². The maximum atomic E-state index is 11.3. The molecule has 0 saturated carbocycles. The normalized spacial score (nSPS) is 10.4. The van der Waals surface area contributed by atoms with Crippen LogP contribution in [0.25, 0.3) is 0 Å². The largest absolute Gasteiger partial charge is 0.456 e. The number of carbonyl (C=O) groups is 1. The van der Waals surface area contributed by atoms with Crippen molar-refractivity contribution >= 4 is 52.2 Å². The van der Waals surface area contributed by atoms with Gasteiger partial charge in [-0.25, -0.2) is 0 Å². The van der Waals surface area contributed by atoms with E-state index in [-0.39, 0.29) is 5.78 Å². The Labute approximate surface area is 136 Å². The van der Waals surface area contributed by atoms with Crippen molar-refractivity contribution in [1.82, 2.24) is 0 Å². The van der Waals surface area contributed by atoms with Gasteiger partial charge in [-0.15, -0.1) is 0 Å². The van der Waals surface area contributed by atoms with Crippen molar-refractivity contribution in [2.45, 2.75) is 6.92 Å². The van der Waals surface area contributed by atoms with Gasteiger partial charge in [0.2, 0.25) is 0 Å². The molecule has 0 aliphatic carbocycles. The molecule has 0 amide bonds. The lowest BCUT2D eigenvalue weighted by molar-refractivity contribution is 0.101. The van der Waals surface area contributed by atoms with Crippen molar-refractivity contribution < 1.29 is 9.53 Å². The minimum atomic E-state index is -0.117. The Kier molecular flexibility index (Phi) is 4.82. The molecule has 20 heavy (non-hydrogen) atoms. The second-order valence-electron chi connectivity index (χ2n) is 4.00. The lowest BCUT2D eigenvalue weighted by atomic mass is 10.1. The van der Waals surface area contributed by atoms with Crippen molar-refractivity contribution in [3.8, 4) is 11.5 Å². The van der Waals surface area contributed by atoms with Gasteiger partial charge in [-0.3, -0.25) is 4.79 Å². The van der Waals surface area contributed by atoms with E-state index in [0.29, 0.717) is 37.2 Å². The fourth-order valence-corrected chi connectivity index (χ4v) is 2.43. The molecule has 0 N–H and O–H groups in total. The van der Waals surface area contributed by atoms with E-state index in [4.69, 9.17) is 51.1 Å². The number of benzene rings is 2. The molecule has 2 aromatic rings. The summed E-state index contributed by atoms with van der Waals surface area (Å²) in [7, 11) is 0. The number of hydrogen-bond donors (Lipinski definition) is 0. The number of Topliss-reactive ketones (excluding diaryl/α,β-unsaturated/α-hetero) is 1. The Morgan fingerprint density at radius 1 is 0.900 bits per heavy atom. The molecular formula is C14H8Cl4O2. The highest BCUT2D eigenvalue weighted by atomic mass is 35.5. The summed E-state index contributed by atoms with van der Waals surface area (Å²) in [5.41, 5.74) is 0.430. The van der Waals surface area contributed by atoms with Crippen LogP contribution >= 0.6 is 46.4 Å². The summed E-state index contributed by atoms with van der Waals surface area (Å²) in [6, 6.07) is 7.76. The summed E-state index contributed by atoms with van der Waals surface area (Å²) in [5.74, 6) is 0.683. The Hall–Kier alpha value is -0.930. The number of ether oxygens (including phenoxy) is 1. The average molecular weight is 350 g/mol. The van der Waals surface area contributed by atoms with E-state index in [0.717, 1.165) is 0 Å². The van der Waals surface area contributed by atoms with Gasteiger partial charge in [0, 0.05) is 17.7 Å². The predicted molar refractivity (Wildman–Crippen MR) is 83.0 cm³/mol. The molecule has 0 radical (unpaired) electrons. The van der Waals surface area contributed by atoms with E-state index in [2.05, 4.69) is 0 Å². The summed E-state index contributed by atoms with van der Waals surface area (Å²) in [4.78, 5) is 11.3. The predicted octanol–water partition coefficient (Wildman–Crippen LogP) is 6.30. The summed E-state index contributed by atoms with van der Waals surface area (Å²) in [5, 5.41) is 1.31. The molecule has 0 unspecified atom stereocenters. The molecule has 0 aromatic heterocycles. The van der Waals surface area contributed by atoms with E-state index in [1.165, 1.54) is 25.1 Å². The summed E-state index contributed by atoms with van der Waals surface area (Å²) < 4.78 is 5.59. The van der Waals surface area contributed by atoms with Crippen LogP contribution in [-0.4, -0.2) is 5.78 Å². The van der Waals surface area contributed by atoms with Crippen LogP contribution in [0.2, 0.25) is 20.1 Å². The van der Waals surface area contributed by atoms with Gasteiger partial charge < -0.3 is 4.74 Å². The Morgan fingerprint density at radius 2 is 1.55 bits per heavy atom. The van der Waals surface area contributed by atoms with Crippen LogP contribution < -0.4 is 4.74 Å². The quantitative estimate of drug-likeness (QED) is 0.480. The molecule has 2 nitrogen and oxygen atoms in total. The first-order chi connectivity index (χ1) is 9.38. The van der Waals surface area contributed by atoms with Gasteiger partial charge >= 0.3 is 0 Å².